The fourth-order valence-corrected chi connectivity index (χ4v) is 3.51. The van der Waals surface area contributed by atoms with Gasteiger partial charge in [-0.25, -0.2) is 8.42 Å². The Labute approximate surface area is 109 Å². The van der Waals surface area contributed by atoms with E-state index < -0.39 is 15.2 Å². The average molecular weight is 294 g/mol. The zero-order valence-electron chi connectivity index (χ0n) is 8.61. The third kappa shape index (κ3) is 2.56. The van der Waals surface area contributed by atoms with Crippen LogP contribution >= 0.6 is 23.2 Å². The molecule has 92 valence electrons. The Kier molecular flexibility index (Phi) is 3.34. The summed E-state index contributed by atoms with van der Waals surface area (Å²) in [6, 6.07) is 4.51. The molecule has 0 bridgehead atoms. The highest BCUT2D eigenvalue weighted by Gasteiger charge is 2.33. The van der Waals surface area contributed by atoms with Gasteiger partial charge in [-0.15, -0.1) is 0 Å². The molecule has 7 heteroatoms. The van der Waals surface area contributed by atoms with E-state index in [1.807, 2.05) is 0 Å². The average Bonchev–Trinajstić information content (AvgIpc) is 2.26. The minimum Gasteiger partial charge on any atom is -0.336 e. The molecule has 0 spiro atoms. The number of hydrogen-bond donors (Lipinski definition) is 1. The topological polar surface area (TPSA) is 63.2 Å². The fourth-order valence-electron chi connectivity index (χ4n) is 1.63. The summed E-state index contributed by atoms with van der Waals surface area (Å²) in [5.41, 5.74) is 0.424. The van der Waals surface area contributed by atoms with Gasteiger partial charge in [0, 0.05) is 6.42 Å². The molecule has 1 aliphatic heterocycles. The maximum absolute atomic E-state index is 11.8. The van der Waals surface area contributed by atoms with E-state index in [9.17, 15) is 13.2 Å². The second kappa shape index (κ2) is 4.48. The molecule has 1 saturated heterocycles. The second-order valence-corrected chi connectivity index (χ2v) is 6.76. The van der Waals surface area contributed by atoms with Gasteiger partial charge in [-0.2, -0.15) is 0 Å². The molecule has 0 aromatic heterocycles. The summed E-state index contributed by atoms with van der Waals surface area (Å²) in [5.74, 6) is -0.431. The van der Waals surface area contributed by atoms with Gasteiger partial charge in [0.15, 0.2) is 15.2 Å². The number of nitrogens with one attached hydrogen (secondary N) is 1. The number of rotatable bonds is 1. The van der Waals surface area contributed by atoms with Crippen LogP contribution in [0.2, 0.25) is 10.0 Å². The molecule has 1 aromatic carbocycles. The number of carbonyl (C=O) groups excluding carboxylic acids is 1. The van der Waals surface area contributed by atoms with Crippen LogP contribution in [0.15, 0.2) is 18.2 Å². The smallest absolute Gasteiger partial charge is 0.222 e. The number of amides is 1. The largest absolute Gasteiger partial charge is 0.336 e. The van der Waals surface area contributed by atoms with Crippen LogP contribution in [0.4, 0.5) is 0 Å². The lowest BCUT2D eigenvalue weighted by molar-refractivity contribution is -0.121. The van der Waals surface area contributed by atoms with Crippen molar-refractivity contribution in [3.8, 4) is 0 Å². The van der Waals surface area contributed by atoms with Crippen molar-refractivity contribution in [3.05, 3.63) is 33.8 Å². The predicted octanol–water partition coefficient (Wildman–Crippen LogP) is 1.93. The van der Waals surface area contributed by atoms with Crippen LogP contribution in [0.25, 0.3) is 0 Å². The first-order valence-corrected chi connectivity index (χ1v) is 7.33. The molecule has 1 aliphatic rings. The summed E-state index contributed by atoms with van der Waals surface area (Å²) in [5, 5.41) is 2.02. The Balaban J connectivity index is 2.43. The van der Waals surface area contributed by atoms with Crippen molar-refractivity contribution in [1.29, 1.82) is 0 Å². The molecule has 0 saturated carbocycles. The van der Waals surface area contributed by atoms with Gasteiger partial charge in [-0.3, -0.25) is 4.79 Å². The summed E-state index contributed by atoms with van der Waals surface area (Å²) in [6.45, 7) is 0. The molecule has 1 atom stereocenters. The van der Waals surface area contributed by atoms with Crippen LogP contribution in [0.1, 0.15) is 17.4 Å². The van der Waals surface area contributed by atoms with Crippen LogP contribution in [-0.2, 0) is 14.6 Å². The van der Waals surface area contributed by atoms with E-state index in [1.165, 1.54) is 12.1 Å². The molecule has 1 N–H and O–H groups in total. The number of halogens is 2. The van der Waals surface area contributed by atoms with Crippen molar-refractivity contribution in [3.63, 3.8) is 0 Å². The normalized spacial score (nSPS) is 23.2. The van der Waals surface area contributed by atoms with Crippen molar-refractivity contribution in [2.75, 3.05) is 5.75 Å². The number of carbonyl (C=O) groups is 1. The van der Waals surface area contributed by atoms with Crippen molar-refractivity contribution >= 4 is 38.9 Å². The Morgan fingerprint density at radius 2 is 1.94 bits per heavy atom. The number of hydrogen-bond acceptors (Lipinski definition) is 3. The Morgan fingerprint density at radius 1 is 1.24 bits per heavy atom. The summed E-state index contributed by atoms with van der Waals surface area (Å²) < 4.78 is 23.7. The molecule has 1 unspecified atom stereocenters. The third-order valence-corrected chi connectivity index (χ3v) is 5.13. The molecule has 0 radical (unpaired) electrons. The van der Waals surface area contributed by atoms with Crippen LogP contribution in [0, 0.1) is 0 Å². The van der Waals surface area contributed by atoms with Crippen LogP contribution in [0.5, 0.6) is 0 Å². The summed E-state index contributed by atoms with van der Waals surface area (Å²) in [6.07, 6.45) is 0.000154. The fraction of sp³-hybridized carbons (Fsp3) is 0.300. The molecule has 2 rings (SSSR count). The van der Waals surface area contributed by atoms with Gasteiger partial charge < -0.3 is 5.32 Å². The van der Waals surface area contributed by atoms with E-state index in [1.54, 1.807) is 6.07 Å². The molecule has 1 heterocycles. The Morgan fingerprint density at radius 3 is 2.59 bits per heavy atom. The molecule has 1 fully saturated rings. The van der Waals surface area contributed by atoms with Crippen molar-refractivity contribution in [2.45, 2.75) is 11.8 Å². The van der Waals surface area contributed by atoms with Gasteiger partial charge in [0.1, 0.15) is 0 Å². The van der Waals surface area contributed by atoms with Crippen molar-refractivity contribution < 1.29 is 13.2 Å². The lowest BCUT2D eigenvalue weighted by Gasteiger charge is -2.24. The van der Waals surface area contributed by atoms with Crippen LogP contribution < -0.4 is 5.32 Å². The van der Waals surface area contributed by atoms with Gasteiger partial charge in [0.25, 0.3) is 0 Å². The number of sulfone groups is 1. The van der Waals surface area contributed by atoms with Crippen molar-refractivity contribution in [2.24, 2.45) is 0 Å². The quantitative estimate of drug-likeness (QED) is 0.860. The van der Waals surface area contributed by atoms with E-state index in [0.717, 1.165) is 0 Å². The van der Waals surface area contributed by atoms with Gasteiger partial charge in [-0.1, -0.05) is 29.3 Å². The maximum atomic E-state index is 11.8. The summed E-state index contributed by atoms with van der Waals surface area (Å²) in [4.78, 5) is 11.3. The monoisotopic (exact) mass is 293 g/mol. The van der Waals surface area contributed by atoms with E-state index in [4.69, 9.17) is 23.2 Å². The minimum atomic E-state index is -3.37. The highest BCUT2D eigenvalue weighted by atomic mass is 35.5. The van der Waals surface area contributed by atoms with E-state index in [2.05, 4.69) is 5.32 Å². The lowest BCUT2D eigenvalue weighted by atomic mass is 10.2. The highest BCUT2D eigenvalue weighted by molar-refractivity contribution is 7.91. The first-order valence-electron chi connectivity index (χ1n) is 4.86. The Hall–Kier alpha value is -0.780. The number of benzene rings is 1. The van der Waals surface area contributed by atoms with E-state index >= 15 is 0 Å². The van der Waals surface area contributed by atoms with Gasteiger partial charge in [0.05, 0.1) is 15.8 Å². The summed E-state index contributed by atoms with van der Waals surface area (Å²) >= 11 is 11.6. The molecular weight excluding hydrogens is 285 g/mol. The predicted molar refractivity (Wildman–Crippen MR) is 65.7 cm³/mol. The molecule has 4 nitrogen and oxygen atoms in total. The zero-order chi connectivity index (χ0) is 12.6. The van der Waals surface area contributed by atoms with Gasteiger partial charge in [0.2, 0.25) is 5.91 Å². The molecule has 17 heavy (non-hydrogen) atoms. The molecule has 0 aliphatic carbocycles. The maximum Gasteiger partial charge on any atom is 0.222 e. The highest BCUT2D eigenvalue weighted by Crippen LogP contribution is 2.29. The first-order chi connectivity index (χ1) is 7.90. The molecule has 1 aromatic rings. The molecule has 1 amide bonds. The SMILES string of the molecule is O=C1CCS(=O)(=O)C(c2ccc(Cl)c(Cl)c2)N1. The second-order valence-electron chi connectivity index (χ2n) is 3.74. The van der Waals surface area contributed by atoms with Crippen molar-refractivity contribution in [1.82, 2.24) is 5.32 Å². The zero-order valence-corrected chi connectivity index (χ0v) is 10.9. The third-order valence-electron chi connectivity index (χ3n) is 2.51. The lowest BCUT2D eigenvalue weighted by Crippen LogP contribution is -2.41. The first kappa shape index (κ1) is 12.7. The van der Waals surface area contributed by atoms with Crippen LogP contribution in [0.3, 0.4) is 0 Å². The van der Waals surface area contributed by atoms with Gasteiger partial charge >= 0.3 is 0 Å². The van der Waals surface area contributed by atoms with E-state index in [-0.39, 0.29) is 23.1 Å². The van der Waals surface area contributed by atoms with Crippen LogP contribution in [-0.4, -0.2) is 20.1 Å². The standard InChI is InChI=1S/C10H9Cl2NO3S/c11-7-2-1-6(5-8(7)12)10-13-9(14)3-4-17(10,15)16/h1-2,5,10H,3-4H2,(H,13,14). The molecular formula is C10H9Cl2NO3S. The minimum absolute atomic E-state index is 0.000154. The van der Waals surface area contributed by atoms with E-state index in [0.29, 0.717) is 10.6 Å². The Bertz CT molecular complexity index is 571. The van der Waals surface area contributed by atoms with Gasteiger partial charge in [-0.05, 0) is 17.7 Å². The summed E-state index contributed by atoms with van der Waals surface area (Å²) in [7, 11) is -3.37.